The van der Waals surface area contributed by atoms with E-state index in [9.17, 15) is 14.0 Å². The number of halogens is 2. The van der Waals surface area contributed by atoms with Crippen LogP contribution in [0, 0.1) is 11.7 Å². The topological polar surface area (TPSA) is 57.6 Å². The highest BCUT2D eigenvalue weighted by Crippen LogP contribution is 2.23. The van der Waals surface area contributed by atoms with E-state index in [0.29, 0.717) is 17.0 Å². The Hall–Kier alpha value is -1.62. The van der Waals surface area contributed by atoms with Crippen LogP contribution < -0.4 is 0 Å². The van der Waals surface area contributed by atoms with Gasteiger partial charge in [0, 0.05) is 24.5 Å². The van der Waals surface area contributed by atoms with Crippen LogP contribution in [-0.4, -0.2) is 28.4 Å². The number of piperidine rings is 1. The predicted octanol–water partition coefficient (Wildman–Crippen LogP) is 2.30. The number of carboxylic acids is 1. The van der Waals surface area contributed by atoms with Crippen LogP contribution in [0.1, 0.15) is 18.4 Å². The van der Waals surface area contributed by atoms with E-state index in [0.717, 1.165) is 0 Å². The van der Waals surface area contributed by atoms with Crippen molar-refractivity contribution < 1.29 is 19.1 Å². The molecule has 102 valence electrons. The second-order valence-corrected chi connectivity index (χ2v) is 4.99. The summed E-state index contributed by atoms with van der Waals surface area (Å²) in [5.41, 5.74) is 0.487. The third-order valence-electron chi connectivity index (χ3n) is 3.22. The number of rotatable bonds is 3. The van der Waals surface area contributed by atoms with Gasteiger partial charge in [-0.25, -0.2) is 4.39 Å². The first-order valence-corrected chi connectivity index (χ1v) is 6.29. The van der Waals surface area contributed by atoms with Crippen molar-refractivity contribution in [3.63, 3.8) is 0 Å². The number of carboxylic acid groups (broad SMARTS) is 1. The van der Waals surface area contributed by atoms with Crippen LogP contribution in [0.15, 0.2) is 18.2 Å². The minimum atomic E-state index is -0.914. The highest BCUT2D eigenvalue weighted by atomic mass is 35.5. The van der Waals surface area contributed by atoms with E-state index < -0.39 is 17.7 Å². The fourth-order valence-corrected chi connectivity index (χ4v) is 2.32. The van der Waals surface area contributed by atoms with E-state index in [1.807, 2.05) is 0 Å². The van der Waals surface area contributed by atoms with Gasteiger partial charge in [-0.05, 0) is 30.2 Å². The summed E-state index contributed by atoms with van der Waals surface area (Å²) in [6.45, 7) is 0.278. The van der Waals surface area contributed by atoms with Crippen molar-refractivity contribution in [1.29, 1.82) is 0 Å². The van der Waals surface area contributed by atoms with E-state index in [1.54, 1.807) is 0 Å². The normalized spacial score (nSPS) is 19.6. The Morgan fingerprint density at radius 2 is 2.26 bits per heavy atom. The Balaban J connectivity index is 2.14. The Kier molecular flexibility index (Phi) is 4.04. The van der Waals surface area contributed by atoms with Crippen molar-refractivity contribution >= 4 is 23.5 Å². The molecule has 1 heterocycles. The fourth-order valence-electron chi connectivity index (χ4n) is 2.14. The molecule has 4 nitrogen and oxygen atoms in total. The van der Waals surface area contributed by atoms with Crippen LogP contribution in [0.2, 0.25) is 5.02 Å². The average Bonchev–Trinajstić information content (AvgIpc) is 2.36. The first kappa shape index (κ1) is 13.8. The van der Waals surface area contributed by atoms with Gasteiger partial charge in [-0.2, -0.15) is 0 Å². The minimum Gasteiger partial charge on any atom is -0.481 e. The lowest BCUT2D eigenvalue weighted by Crippen LogP contribution is -2.42. The molecule has 1 fully saturated rings. The summed E-state index contributed by atoms with van der Waals surface area (Å²) in [6, 6.07) is 3.93. The molecule has 1 aromatic carbocycles. The SMILES string of the molecule is O=C(O)C1CCC(=O)N(Cc2cc(F)ccc2Cl)C1. The second-order valence-electron chi connectivity index (χ2n) is 4.58. The number of aliphatic carboxylic acids is 1. The molecule has 1 aliphatic rings. The van der Waals surface area contributed by atoms with Gasteiger partial charge in [0.25, 0.3) is 0 Å². The largest absolute Gasteiger partial charge is 0.481 e. The predicted molar refractivity (Wildman–Crippen MR) is 67.2 cm³/mol. The van der Waals surface area contributed by atoms with E-state index >= 15 is 0 Å². The molecule has 1 amide bonds. The molecular formula is C13H13ClFNO3. The summed E-state index contributed by atoms with van der Waals surface area (Å²) in [4.78, 5) is 24.1. The third-order valence-corrected chi connectivity index (χ3v) is 3.59. The maximum absolute atomic E-state index is 13.1. The molecule has 1 aliphatic heterocycles. The Bertz CT molecular complexity index is 521. The van der Waals surface area contributed by atoms with Gasteiger partial charge in [0.1, 0.15) is 5.82 Å². The lowest BCUT2D eigenvalue weighted by Gasteiger charge is -2.30. The molecule has 6 heteroatoms. The number of likely N-dealkylation sites (tertiary alicyclic amines) is 1. The number of carbonyl (C=O) groups excluding carboxylic acids is 1. The first-order chi connectivity index (χ1) is 8.97. The highest BCUT2D eigenvalue weighted by Gasteiger charge is 2.30. The number of benzene rings is 1. The molecule has 0 spiro atoms. The lowest BCUT2D eigenvalue weighted by molar-refractivity contribution is -0.147. The maximum atomic E-state index is 13.1. The summed E-state index contributed by atoms with van der Waals surface area (Å²) in [7, 11) is 0. The second kappa shape index (κ2) is 5.57. The molecular weight excluding hydrogens is 273 g/mol. The Labute approximate surface area is 114 Å². The highest BCUT2D eigenvalue weighted by molar-refractivity contribution is 6.31. The third kappa shape index (κ3) is 3.23. The summed E-state index contributed by atoms with van der Waals surface area (Å²) in [5, 5.41) is 9.35. The van der Waals surface area contributed by atoms with E-state index in [4.69, 9.17) is 16.7 Å². The van der Waals surface area contributed by atoms with Gasteiger partial charge >= 0.3 is 5.97 Å². The molecule has 1 unspecified atom stereocenters. The Morgan fingerprint density at radius 1 is 1.53 bits per heavy atom. The zero-order valence-corrected chi connectivity index (χ0v) is 10.9. The maximum Gasteiger partial charge on any atom is 0.308 e. The lowest BCUT2D eigenvalue weighted by atomic mass is 9.97. The van der Waals surface area contributed by atoms with Gasteiger partial charge in [0.05, 0.1) is 5.92 Å². The van der Waals surface area contributed by atoms with Crippen molar-refractivity contribution in [1.82, 2.24) is 4.90 Å². The van der Waals surface area contributed by atoms with Crippen LogP contribution in [0.25, 0.3) is 0 Å². The first-order valence-electron chi connectivity index (χ1n) is 5.92. The van der Waals surface area contributed by atoms with Crippen LogP contribution in [0.4, 0.5) is 4.39 Å². The van der Waals surface area contributed by atoms with Gasteiger partial charge in [-0.15, -0.1) is 0 Å². The van der Waals surface area contributed by atoms with Gasteiger partial charge in [0.15, 0.2) is 0 Å². The molecule has 2 rings (SSSR count). The molecule has 0 radical (unpaired) electrons. The average molecular weight is 286 g/mol. The molecule has 1 N–H and O–H groups in total. The van der Waals surface area contributed by atoms with Crippen LogP contribution in [0.5, 0.6) is 0 Å². The summed E-state index contributed by atoms with van der Waals surface area (Å²) in [6.07, 6.45) is 0.547. The molecule has 1 atom stereocenters. The van der Waals surface area contributed by atoms with Gasteiger partial charge < -0.3 is 10.0 Å². The number of amides is 1. The number of hydrogen-bond acceptors (Lipinski definition) is 2. The number of carbonyl (C=O) groups is 2. The van der Waals surface area contributed by atoms with Gasteiger partial charge in [-0.1, -0.05) is 11.6 Å². The monoisotopic (exact) mass is 285 g/mol. The molecule has 1 aromatic rings. The Morgan fingerprint density at radius 3 is 2.95 bits per heavy atom. The summed E-state index contributed by atoms with van der Waals surface area (Å²) in [5.74, 6) is -2.04. The molecule has 0 aromatic heterocycles. The standard InChI is InChI=1S/C13H13ClFNO3/c14-11-3-2-10(15)5-9(11)7-16-6-8(13(18)19)1-4-12(16)17/h2-3,5,8H,1,4,6-7H2,(H,18,19). The summed E-state index contributed by atoms with van der Waals surface area (Å²) >= 11 is 5.94. The fraction of sp³-hybridized carbons (Fsp3) is 0.385. The molecule has 1 saturated heterocycles. The quantitative estimate of drug-likeness (QED) is 0.927. The van der Waals surface area contributed by atoms with E-state index in [-0.39, 0.29) is 25.4 Å². The smallest absolute Gasteiger partial charge is 0.308 e. The van der Waals surface area contributed by atoms with Crippen LogP contribution >= 0.6 is 11.6 Å². The van der Waals surface area contributed by atoms with Gasteiger partial charge in [-0.3, -0.25) is 9.59 Å². The van der Waals surface area contributed by atoms with Crippen molar-refractivity contribution in [3.05, 3.63) is 34.6 Å². The van der Waals surface area contributed by atoms with Gasteiger partial charge in [0.2, 0.25) is 5.91 Å². The van der Waals surface area contributed by atoms with E-state index in [1.165, 1.54) is 23.1 Å². The number of nitrogens with zero attached hydrogens (tertiary/aromatic N) is 1. The van der Waals surface area contributed by atoms with E-state index in [2.05, 4.69) is 0 Å². The van der Waals surface area contributed by atoms with Crippen molar-refractivity contribution in [2.75, 3.05) is 6.54 Å². The van der Waals surface area contributed by atoms with Crippen molar-refractivity contribution in [2.45, 2.75) is 19.4 Å². The molecule has 0 saturated carbocycles. The van der Waals surface area contributed by atoms with Crippen LogP contribution in [-0.2, 0) is 16.1 Å². The minimum absolute atomic E-state index is 0.127. The zero-order valence-electron chi connectivity index (χ0n) is 10.1. The molecule has 0 aliphatic carbocycles. The van der Waals surface area contributed by atoms with Crippen molar-refractivity contribution in [2.24, 2.45) is 5.92 Å². The number of hydrogen-bond donors (Lipinski definition) is 1. The van der Waals surface area contributed by atoms with Crippen molar-refractivity contribution in [3.8, 4) is 0 Å². The van der Waals surface area contributed by atoms with Crippen LogP contribution in [0.3, 0.4) is 0 Å². The molecule has 19 heavy (non-hydrogen) atoms. The summed E-state index contributed by atoms with van der Waals surface area (Å²) < 4.78 is 13.1. The molecule has 0 bridgehead atoms. The zero-order chi connectivity index (χ0) is 14.0.